The number of ether oxygens (including phenoxy) is 1. The van der Waals surface area contributed by atoms with Crippen LogP contribution < -0.4 is 0 Å². The Bertz CT molecular complexity index is 498. The summed E-state index contributed by atoms with van der Waals surface area (Å²) in [5.41, 5.74) is 3.02. The molecule has 0 aliphatic heterocycles. The summed E-state index contributed by atoms with van der Waals surface area (Å²) in [4.78, 5) is 11.8. The van der Waals surface area contributed by atoms with E-state index >= 15 is 0 Å². The van der Waals surface area contributed by atoms with E-state index in [1.54, 1.807) is 0 Å². The van der Waals surface area contributed by atoms with Crippen LogP contribution in [-0.4, -0.2) is 12.6 Å². The molecule has 0 heterocycles. The van der Waals surface area contributed by atoms with E-state index in [1.165, 1.54) is 30.4 Å². The highest BCUT2D eigenvalue weighted by Crippen LogP contribution is 2.17. The van der Waals surface area contributed by atoms with Crippen molar-refractivity contribution < 1.29 is 9.53 Å². The van der Waals surface area contributed by atoms with E-state index in [2.05, 4.69) is 25.1 Å². The Morgan fingerprint density at radius 1 is 1.09 bits per heavy atom. The number of hydrogen-bond donors (Lipinski definition) is 0. The number of carbonyl (C=O) groups is 1. The van der Waals surface area contributed by atoms with Gasteiger partial charge in [0, 0.05) is 5.57 Å². The number of esters is 1. The van der Waals surface area contributed by atoms with Crippen molar-refractivity contribution in [1.82, 2.24) is 0 Å². The molecule has 120 valence electrons. The van der Waals surface area contributed by atoms with Crippen molar-refractivity contribution in [2.75, 3.05) is 6.61 Å². The Labute approximate surface area is 134 Å². The lowest BCUT2D eigenvalue weighted by atomic mass is 10.0. The lowest BCUT2D eigenvalue weighted by molar-refractivity contribution is -0.138. The standard InChI is InChI=1S/C20H28O2/c1-4-6-7-9-14-19(15-17(3)20(21)22-5-2)16-18-12-10-8-11-13-18/h8,10-13,15-16H,4-7,9,14H2,1-3H3/b17-15+,19-16+. The molecule has 1 aromatic carbocycles. The van der Waals surface area contributed by atoms with Gasteiger partial charge in [-0.3, -0.25) is 0 Å². The summed E-state index contributed by atoms with van der Waals surface area (Å²) in [6.45, 7) is 6.28. The molecule has 0 spiro atoms. The first-order chi connectivity index (χ1) is 10.7. The van der Waals surface area contributed by atoms with Crippen molar-refractivity contribution in [3.8, 4) is 0 Å². The van der Waals surface area contributed by atoms with Crippen LogP contribution in [0.1, 0.15) is 58.4 Å². The van der Waals surface area contributed by atoms with Crippen LogP contribution in [-0.2, 0) is 9.53 Å². The highest BCUT2D eigenvalue weighted by atomic mass is 16.5. The van der Waals surface area contributed by atoms with Gasteiger partial charge in [-0.05, 0) is 43.9 Å². The van der Waals surface area contributed by atoms with Gasteiger partial charge in [0.15, 0.2) is 0 Å². The first-order valence-electron chi connectivity index (χ1n) is 8.28. The molecule has 1 aromatic rings. The Kier molecular flexibility index (Phi) is 8.97. The van der Waals surface area contributed by atoms with Gasteiger partial charge in [0.2, 0.25) is 0 Å². The lowest BCUT2D eigenvalue weighted by Crippen LogP contribution is -2.05. The molecule has 0 saturated carbocycles. The number of unbranched alkanes of at least 4 members (excludes halogenated alkanes) is 3. The zero-order valence-electron chi connectivity index (χ0n) is 14.1. The molecule has 0 aliphatic rings. The second-order valence-corrected chi connectivity index (χ2v) is 5.49. The molecule has 0 amide bonds. The average Bonchev–Trinajstić information content (AvgIpc) is 2.52. The number of rotatable bonds is 9. The van der Waals surface area contributed by atoms with Crippen LogP contribution in [0, 0.1) is 0 Å². The maximum atomic E-state index is 11.8. The van der Waals surface area contributed by atoms with Crippen LogP contribution in [0.25, 0.3) is 6.08 Å². The van der Waals surface area contributed by atoms with Crippen molar-refractivity contribution in [2.45, 2.75) is 52.9 Å². The van der Waals surface area contributed by atoms with Crippen molar-refractivity contribution in [2.24, 2.45) is 0 Å². The number of benzene rings is 1. The van der Waals surface area contributed by atoms with Crippen LogP contribution in [0.2, 0.25) is 0 Å². The van der Waals surface area contributed by atoms with E-state index in [0.717, 1.165) is 12.8 Å². The van der Waals surface area contributed by atoms with Crippen LogP contribution >= 0.6 is 0 Å². The van der Waals surface area contributed by atoms with Gasteiger partial charge in [0.1, 0.15) is 0 Å². The van der Waals surface area contributed by atoms with Gasteiger partial charge in [-0.15, -0.1) is 0 Å². The zero-order valence-corrected chi connectivity index (χ0v) is 14.1. The quantitative estimate of drug-likeness (QED) is 0.259. The smallest absolute Gasteiger partial charge is 0.333 e. The van der Waals surface area contributed by atoms with Crippen LogP contribution in [0.5, 0.6) is 0 Å². The summed E-state index contributed by atoms with van der Waals surface area (Å²) in [6, 6.07) is 10.2. The first kappa shape index (κ1) is 18.2. The number of carbonyl (C=O) groups excluding carboxylic acids is 1. The molecule has 0 radical (unpaired) electrons. The first-order valence-corrected chi connectivity index (χ1v) is 8.28. The van der Waals surface area contributed by atoms with Crippen molar-refractivity contribution >= 4 is 12.0 Å². The SMILES string of the molecule is CCCCCCC(=C\c1ccccc1)/C=C(\C)C(=O)OCC. The minimum Gasteiger partial charge on any atom is -0.463 e. The van der Waals surface area contributed by atoms with E-state index in [0.29, 0.717) is 12.2 Å². The van der Waals surface area contributed by atoms with E-state index in [-0.39, 0.29) is 5.97 Å². The molecular weight excluding hydrogens is 272 g/mol. The summed E-state index contributed by atoms with van der Waals surface area (Å²) in [5, 5.41) is 0. The Morgan fingerprint density at radius 2 is 1.82 bits per heavy atom. The van der Waals surface area contributed by atoms with Crippen molar-refractivity contribution in [3.63, 3.8) is 0 Å². The predicted octanol–water partition coefficient (Wildman–Crippen LogP) is 5.55. The number of allylic oxidation sites excluding steroid dienone is 2. The van der Waals surface area contributed by atoms with Crippen molar-refractivity contribution in [3.05, 3.63) is 53.1 Å². The molecule has 0 aromatic heterocycles. The monoisotopic (exact) mass is 300 g/mol. The molecule has 0 saturated heterocycles. The second kappa shape index (κ2) is 10.8. The topological polar surface area (TPSA) is 26.3 Å². The van der Waals surface area contributed by atoms with Gasteiger partial charge in [-0.2, -0.15) is 0 Å². The largest absolute Gasteiger partial charge is 0.463 e. The Hall–Kier alpha value is -1.83. The minimum absolute atomic E-state index is 0.227. The molecule has 2 nitrogen and oxygen atoms in total. The molecule has 0 unspecified atom stereocenters. The maximum absolute atomic E-state index is 11.8. The third-order valence-electron chi connectivity index (χ3n) is 3.47. The van der Waals surface area contributed by atoms with Gasteiger partial charge < -0.3 is 4.74 Å². The molecule has 0 fully saturated rings. The lowest BCUT2D eigenvalue weighted by Gasteiger charge is -2.06. The predicted molar refractivity (Wildman–Crippen MR) is 93.6 cm³/mol. The van der Waals surface area contributed by atoms with Crippen LogP contribution in [0.15, 0.2) is 47.6 Å². The molecule has 22 heavy (non-hydrogen) atoms. The highest BCUT2D eigenvalue weighted by molar-refractivity contribution is 5.88. The molecular formula is C20H28O2. The van der Waals surface area contributed by atoms with E-state index in [4.69, 9.17) is 4.74 Å². The van der Waals surface area contributed by atoms with Gasteiger partial charge >= 0.3 is 5.97 Å². The summed E-state index contributed by atoms with van der Waals surface area (Å²) in [5.74, 6) is -0.227. The normalized spacial score (nSPS) is 12.3. The Balaban J connectivity index is 2.84. The summed E-state index contributed by atoms with van der Waals surface area (Å²) in [7, 11) is 0. The van der Waals surface area contributed by atoms with E-state index in [1.807, 2.05) is 38.1 Å². The third kappa shape index (κ3) is 7.26. The molecule has 0 N–H and O–H groups in total. The summed E-state index contributed by atoms with van der Waals surface area (Å²) >= 11 is 0. The van der Waals surface area contributed by atoms with E-state index in [9.17, 15) is 4.79 Å². The molecule has 0 bridgehead atoms. The third-order valence-corrected chi connectivity index (χ3v) is 3.47. The minimum atomic E-state index is -0.227. The molecule has 1 rings (SSSR count). The van der Waals surface area contributed by atoms with Crippen LogP contribution in [0.4, 0.5) is 0 Å². The van der Waals surface area contributed by atoms with E-state index < -0.39 is 0 Å². The fourth-order valence-corrected chi connectivity index (χ4v) is 2.29. The van der Waals surface area contributed by atoms with Gasteiger partial charge in [0.25, 0.3) is 0 Å². The summed E-state index contributed by atoms with van der Waals surface area (Å²) in [6.07, 6.45) is 10.00. The molecule has 2 heteroatoms. The maximum Gasteiger partial charge on any atom is 0.333 e. The average molecular weight is 300 g/mol. The molecule has 0 aliphatic carbocycles. The van der Waals surface area contributed by atoms with Crippen molar-refractivity contribution in [1.29, 1.82) is 0 Å². The molecule has 0 atom stereocenters. The van der Waals surface area contributed by atoms with Gasteiger partial charge in [0.05, 0.1) is 6.61 Å². The highest BCUT2D eigenvalue weighted by Gasteiger charge is 2.06. The fraction of sp³-hybridized carbons (Fsp3) is 0.450. The fourth-order valence-electron chi connectivity index (χ4n) is 2.29. The zero-order chi connectivity index (χ0) is 16.2. The second-order valence-electron chi connectivity index (χ2n) is 5.49. The number of hydrogen-bond acceptors (Lipinski definition) is 2. The summed E-state index contributed by atoms with van der Waals surface area (Å²) < 4.78 is 5.06. The van der Waals surface area contributed by atoms with Gasteiger partial charge in [-0.1, -0.05) is 62.6 Å². The van der Waals surface area contributed by atoms with Gasteiger partial charge in [-0.25, -0.2) is 4.79 Å². The Morgan fingerprint density at radius 3 is 2.45 bits per heavy atom. The van der Waals surface area contributed by atoms with Crippen LogP contribution in [0.3, 0.4) is 0 Å².